The van der Waals surface area contributed by atoms with Crippen molar-refractivity contribution in [2.75, 3.05) is 18.4 Å². The topological polar surface area (TPSA) is 58.4 Å². The van der Waals surface area contributed by atoms with Crippen LogP contribution in [-0.4, -0.2) is 30.1 Å². The summed E-state index contributed by atoms with van der Waals surface area (Å²) in [6.07, 6.45) is 0.925. The molecule has 0 saturated carbocycles. The van der Waals surface area contributed by atoms with Gasteiger partial charge in [-0.15, -0.1) is 0 Å². The van der Waals surface area contributed by atoms with E-state index in [1.165, 1.54) is 12.1 Å². The Bertz CT molecular complexity index is 436. The number of hydrogen-bond donors (Lipinski definition) is 2. The fraction of sp³-hybridized carbons (Fsp3) is 0.462. The van der Waals surface area contributed by atoms with E-state index in [4.69, 9.17) is 5.73 Å². The van der Waals surface area contributed by atoms with Crippen LogP contribution in [0.25, 0.3) is 0 Å². The molecule has 1 fully saturated rings. The minimum Gasteiger partial charge on any atom is -0.328 e. The van der Waals surface area contributed by atoms with Crippen LogP contribution in [0.15, 0.2) is 24.3 Å². The number of hydrogen-bond acceptors (Lipinski definition) is 2. The quantitative estimate of drug-likeness (QED) is 0.845. The number of carbonyl (C=O) groups is 1. The van der Waals surface area contributed by atoms with Gasteiger partial charge in [0.05, 0.1) is 0 Å². The molecule has 4 nitrogen and oxygen atoms in total. The molecule has 1 aliphatic rings. The molecule has 2 unspecified atom stereocenters. The second-order valence-corrected chi connectivity index (χ2v) is 4.79. The van der Waals surface area contributed by atoms with Gasteiger partial charge in [0.15, 0.2) is 0 Å². The maximum atomic E-state index is 13.0. The van der Waals surface area contributed by atoms with Crippen molar-refractivity contribution in [1.29, 1.82) is 0 Å². The molecule has 5 heteroatoms. The zero-order valence-electron chi connectivity index (χ0n) is 10.4. The molecule has 2 atom stereocenters. The number of anilines is 1. The minimum absolute atomic E-state index is 0.0944. The van der Waals surface area contributed by atoms with Crippen LogP contribution in [0.4, 0.5) is 14.9 Å². The van der Waals surface area contributed by atoms with E-state index in [-0.39, 0.29) is 17.9 Å². The first-order chi connectivity index (χ1) is 8.56. The highest BCUT2D eigenvalue weighted by atomic mass is 19.1. The van der Waals surface area contributed by atoms with Crippen LogP contribution in [0.1, 0.15) is 13.3 Å². The first-order valence-corrected chi connectivity index (χ1v) is 6.13. The molecule has 1 saturated heterocycles. The predicted molar refractivity (Wildman–Crippen MR) is 68.7 cm³/mol. The number of carbonyl (C=O) groups excluding carboxylic acids is 1. The monoisotopic (exact) mass is 251 g/mol. The summed E-state index contributed by atoms with van der Waals surface area (Å²) < 4.78 is 13.0. The summed E-state index contributed by atoms with van der Waals surface area (Å²) in [6, 6.07) is 5.79. The van der Waals surface area contributed by atoms with Gasteiger partial charge in [-0.05, 0) is 37.5 Å². The lowest BCUT2D eigenvalue weighted by Crippen LogP contribution is -2.35. The second-order valence-electron chi connectivity index (χ2n) is 4.79. The maximum Gasteiger partial charge on any atom is 0.321 e. The van der Waals surface area contributed by atoms with Gasteiger partial charge >= 0.3 is 6.03 Å². The maximum absolute atomic E-state index is 13.0. The summed E-state index contributed by atoms with van der Waals surface area (Å²) in [5.74, 6) is -0.00839. The van der Waals surface area contributed by atoms with Crippen LogP contribution >= 0.6 is 0 Å². The molecule has 3 N–H and O–H groups in total. The van der Waals surface area contributed by atoms with Crippen LogP contribution in [0.5, 0.6) is 0 Å². The Morgan fingerprint density at radius 3 is 3.00 bits per heavy atom. The molecule has 18 heavy (non-hydrogen) atoms. The summed E-state index contributed by atoms with van der Waals surface area (Å²) >= 11 is 0. The Balaban J connectivity index is 1.93. The molecule has 0 aliphatic carbocycles. The van der Waals surface area contributed by atoms with Crippen molar-refractivity contribution in [2.24, 2.45) is 11.7 Å². The summed E-state index contributed by atoms with van der Waals surface area (Å²) in [6.45, 7) is 3.32. The zero-order chi connectivity index (χ0) is 13.1. The molecule has 1 aliphatic heterocycles. The highest BCUT2D eigenvalue weighted by Crippen LogP contribution is 2.19. The number of amides is 2. The fourth-order valence-corrected chi connectivity index (χ4v) is 2.17. The average molecular weight is 251 g/mol. The van der Waals surface area contributed by atoms with Crippen molar-refractivity contribution < 1.29 is 9.18 Å². The number of likely N-dealkylation sites (tertiary alicyclic amines) is 1. The number of urea groups is 1. The van der Waals surface area contributed by atoms with E-state index in [9.17, 15) is 9.18 Å². The Labute approximate surface area is 106 Å². The van der Waals surface area contributed by atoms with Gasteiger partial charge in [0.2, 0.25) is 0 Å². The Morgan fingerprint density at radius 1 is 1.61 bits per heavy atom. The van der Waals surface area contributed by atoms with Gasteiger partial charge in [-0.2, -0.15) is 0 Å². The van der Waals surface area contributed by atoms with E-state index in [1.54, 1.807) is 17.0 Å². The molecule has 98 valence electrons. The third-order valence-electron chi connectivity index (χ3n) is 3.33. The molecular formula is C13H18FN3O. The predicted octanol–water partition coefficient (Wildman–Crippen LogP) is 2.03. The molecule has 2 rings (SSSR count). The Morgan fingerprint density at radius 2 is 2.39 bits per heavy atom. The lowest BCUT2D eigenvalue weighted by atomic mass is 10.0. The van der Waals surface area contributed by atoms with E-state index in [0.717, 1.165) is 6.42 Å². The summed E-state index contributed by atoms with van der Waals surface area (Å²) in [5, 5.41) is 2.69. The summed E-state index contributed by atoms with van der Waals surface area (Å²) in [4.78, 5) is 13.7. The number of nitrogens with two attached hydrogens (primary N) is 1. The van der Waals surface area contributed by atoms with Crippen molar-refractivity contribution in [3.8, 4) is 0 Å². The SMILES string of the molecule is CC(N)C1CCN(C(=O)Nc2cccc(F)c2)C1. The molecule has 0 aromatic heterocycles. The molecule has 1 aromatic carbocycles. The van der Waals surface area contributed by atoms with Crippen LogP contribution in [0, 0.1) is 11.7 Å². The van der Waals surface area contributed by atoms with E-state index < -0.39 is 0 Å². The second kappa shape index (κ2) is 5.35. The van der Waals surface area contributed by atoms with Crippen molar-refractivity contribution in [2.45, 2.75) is 19.4 Å². The van der Waals surface area contributed by atoms with Crippen molar-refractivity contribution in [3.63, 3.8) is 0 Å². The van der Waals surface area contributed by atoms with Crippen LogP contribution in [0.3, 0.4) is 0 Å². The number of nitrogens with zero attached hydrogens (tertiary/aromatic N) is 1. The standard InChI is InChI=1S/C13H18FN3O/c1-9(15)10-5-6-17(8-10)13(18)16-12-4-2-3-11(14)7-12/h2-4,7,9-10H,5-6,8,15H2,1H3,(H,16,18). The lowest BCUT2D eigenvalue weighted by Gasteiger charge is -2.18. The van der Waals surface area contributed by atoms with Gasteiger partial charge in [0.1, 0.15) is 5.82 Å². The molecule has 0 bridgehead atoms. The third-order valence-corrected chi connectivity index (χ3v) is 3.33. The third kappa shape index (κ3) is 2.98. The number of halogens is 1. The van der Waals surface area contributed by atoms with E-state index in [1.807, 2.05) is 6.92 Å². The zero-order valence-corrected chi connectivity index (χ0v) is 10.4. The van der Waals surface area contributed by atoms with Gasteiger partial charge < -0.3 is 16.0 Å². The fourth-order valence-electron chi connectivity index (χ4n) is 2.17. The minimum atomic E-state index is -0.359. The van der Waals surface area contributed by atoms with Gasteiger partial charge in [-0.3, -0.25) is 0 Å². The molecule has 2 amide bonds. The van der Waals surface area contributed by atoms with E-state index >= 15 is 0 Å². The first-order valence-electron chi connectivity index (χ1n) is 6.13. The number of benzene rings is 1. The molecule has 1 heterocycles. The molecular weight excluding hydrogens is 233 g/mol. The summed E-state index contributed by atoms with van der Waals surface area (Å²) in [7, 11) is 0. The normalized spacial score (nSPS) is 20.8. The van der Waals surface area contributed by atoms with Crippen LogP contribution in [0.2, 0.25) is 0 Å². The van der Waals surface area contributed by atoms with Crippen molar-refractivity contribution in [1.82, 2.24) is 4.90 Å². The highest BCUT2D eigenvalue weighted by molar-refractivity contribution is 5.89. The molecule has 0 radical (unpaired) electrons. The van der Waals surface area contributed by atoms with Crippen molar-refractivity contribution >= 4 is 11.7 Å². The van der Waals surface area contributed by atoms with Crippen molar-refractivity contribution in [3.05, 3.63) is 30.1 Å². The van der Waals surface area contributed by atoms with Crippen LogP contribution in [-0.2, 0) is 0 Å². The first kappa shape index (κ1) is 12.8. The Hall–Kier alpha value is -1.62. The largest absolute Gasteiger partial charge is 0.328 e. The van der Waals surface area contributed by atoms with Gasteiger partial charge in [0, 0.05) is 24.8 Å². The molecule has 0 spiro atoms. The highest BCUT2D eigenvalue weighted by Gasteiger charge is 2.28. The molecule has 1 aromatic rings. The Kier molecular flexibility index (Phi) is 3.81. The van der Waals surface area contributed by atoms with Crippen LogP contribution < -0.4 is 11.1 Å². The van der Waals surface area contributed by atoms with E-state index in [2.05, 4.69) is 5.32 Å². The average Bonchev–Trinajstić information content (AvgIpc) is 2.78. The van der Waals surface area contributed by atoms with Gasteiger partial charge in [0.25, 0.3) is 0 Å². The smallest absolute Gasteiger partial charge is 0.321 e. The van der Waals surface area contributed by atoms with Gasteiger partial charge in [-0.1, -0.05) is 6.07 Å². The lowest BCUT2D eigenvalue weighted by molar-refractivity contribution is 0.220. The number of rotatable bonds is 2. The van der Waals surface area contributed by atoms with E-state index in [0.29, 0.717) is 24.7 Å². The number of nitrogens with one attached hydrogen (secondary N) is 1. The summed E-state index contributed by atoms with van der Waals surface area (Å²) in [5.41, 5.74) is 6.30. The van der Waals surface area contributed by atoms with Gasteiger partial charge in [-0.25, -0.2) is 9.18 Å².